The van der Waals surface area contributed by atoms with Crippen molar-refractivity contribution in [1.29, 1.82) is 0 Å². The quantitative estimate of drug-likeness (QED) is 0.395. The average Bonchev–Trinajstić information content (AvgIpc) is 3.13. The summed E-state index contributed by atoms with van der Waals surface area (Å²) < 4.78 is 2.80. The molecule has 5 heteroatoms. The van der Waals surface area contributed by atoms with Gasteiger partial charge in [0.15, 0.2) is 5.82 Å². The molecule has 4 aromatic rings. The van der Waals surface area contributed by atoms with Crippen molar-refractivity contribution in [1.82, 2.24) is 14.6 Å². The molecule has 2 heterocycles. The first kappa shape index (κ1) is 18.7. The second kappa shape index (κ2) is 9.02. The van der Waals surface area contributed by atoms with Gasteiger partial charge in [-0.3, -0.25) is 0 Å². The number of hydrogen-bond donors (Lipinski definition) is 1. The molecular formula is C23H23BrN4. The zero-order chi connectivity index (χ0) is 19.2. The third kappa shape index (κ3) is 4.60. The normalized spacial score (nSPS) is 11.2. The van der Waals surface area contributed by atoms with Crippen molar-refractivity contribution < 1.29 is 0 Å². The van der Waals surface area contributed by atoms with E-state index in [-0.39, 0.29) is 0 Å². The van der Waals surface area contributed by atoms with E-state index in [1.807, 2.05) is 16.9 Å². The van der Waals surface area contributed by atoms with Crippen molar-refractivity contribution in [3.8, 4) is 0 Å². The smallest absolute Gasteiger partial charge is 0.153 e. The Balaban J connectivity index is 1.51. The van der Waals surface area contributed by atoms with E-state index in [1.54, 1.807) is 6.20 Å². The maximum Gasteiger partial charge on any atom is 0.153 e. The first-order valence-corrected chi connectivity index (χ1v) is 10.4. The van der Waals surface area contributed by atoms with Gasteiger partial charge in [-0.05, 0) is 52.7 Å². The van der Waals surface area contributed by atoms with Gasteiger partial charge in [0.05, 0.1) is 10.7 Å². The Kier molecular flexibility index (Phi) is 6.02. The fourth-order valence-corrected chi connectivity index (χ4v) is 3.93. The molecule has 4 nitrogen and oxygen atoms in total. The van der Waals surface area contributed by atoms with Crippen LogP contribution in [0.1, 0.15) is 24.0 Å². The lowest BCUT2D eigenvalue weighted by molar-refractivity contribution is 0.601. The van der Waals surface area contributed by atoms with Gasteiger partial charge in [-0.2, -0.15) is 5.10 Å². The minimum absolute atomic E-state index is 0.320. The number of aromatic nitrogens is 3. The number of aryl methyl sites for hydroxylation is 2. The maximum atomic E-state index is 4.59. The molecule has 0 amide bonds. The Hall–Kier alpha value is -2.66. The van der Waals surface area contributed by atoms with E-state index in [1.165, 1.54) is 11.1 Å². The molecule has 1 N–H and O–H groups in total. The van der Waals surface area contributed by atoms with Crippen molar-refractivity contribution in [3.63, 3.8) is 0 Å². The third-order valence-corrected chi connectivity index (χ3v) is 5.56. The van der Waals surface area contributed by atoms with Crippen LogP contribution in [0.15, 0.2) is 83.7 Å². The van der Waals surface area contributed by atoms with Gasteiger partial charge in [-0.15, -0.1) is 0 Å². The molecule has 0 atom stereocenters. The molecule has 0 aliphatic heterocycles. The van der Waals surface area contributed by atoms with E-state index in [2.05, 4.69) is 92.0 Å². The van der Waals surface area contributed by atoms with Crippen LogP contribution in [0, 0.1) is 0 Å². The minimum atomic E-state index is 0.320. The molecular weight excluding hydrogens is 412 g/mol. The summed E-state index contributed by atoms with van der Waals surface area (Å²) in [7, 11) is 0. The largest absolute Gasteiger partial charge is 0.365 e. The van der Waals surface area contributed by atoms with Gasteiger partial charge in [-0.1, -0.05) is 60.7 Å². The van der Waals surface area contributed by atoms with Crippen LogP contribution >= 0.6 is 15.9 Å². The van der Waals surface area contributed by atoms with E-state index in [9.17, 15) is 0 Å². The molecule has 0 saturated heterocycles. The first-order chi connectivity index (χ1) is 13.8. The Labute approximate surface area is 173 Å². The van der Waals surface area contributed by atoms with Gasteiger partial charge in [0.2, 0.25) is 0 Å². The number of fused-ring (bicyclic) bond motifs is 1. The number of nitrogens with one attached hydrogen (secondary N) is 1. The van der Waals surface area contributed by atoms with Crippen LogP contribution in [0.3, 0.4) is 0 Å². The zero-order valence-electron chi connectivity index (χ0n) is 15.6. The van der Waals surface area contributed by atoms with Crippen molar-refractivity contribution in [2.24, 2.45) is 0 Å². The lowest BCUT2D eigenvalue weighted by Crippen LogP contribution is -2.22. The summed E-state index contributed by atoms with van der Waals surface area (Å²) >= 11 is 3.60. The van der Waals surface area contributed by atoms with E-state index in [0.717, 1.165) is 41.5 Å². The predicted molar refractivity (Wildman–Crippen MR) is 118 cm³/mol. The molecule has 28 heavy (non-hydrogen) atoms. The molecule has 4 rings (SSSR count). The fraction of sp³-hybridized carbons (Fsp3) is 0.217. The molecule has 0 unspecified atom stereocenters. The lowest BCUT2D eigenvalue weighted by atomic mass is 9.99. The fourth-order valence-electron chi connectivity index (χ4n) is 3.47. The Morgan fingerprint density at radius 3 is 2.11 bits per heavy atom. The van der Waals surface area contributed by atoms with Crippen LogP contribution in [0.2, 0.25) is 0 Å². The van der Waals surface area contributed by atoms with E-state index in [0.29, 0.717) is 6.04 Å². The van der Waals surface area contributed by atoms with Crippen molar-refractivity contribution >= 4 is 27.3 Å². The highest BCUT2D eigenvalue weighted by atomic mass is 79.9. The lowest BCUT2D eigenvalue weighted by Gasteiger charge is -2.20. The Morgan fingerprint density at radius 2 is 1.50 bits per heavy atom. The molecule has 0 bridgehead atoms. The van der Waals surface area contributed by atoms with Crippen LogP contribution in [-0.4, -0.2) is 20.6 Å². The van der Waals surface area contributed by atoms with Crippen molar-refractivity contribution in [3.05, 3.63) is 94.9 Å². The second-order valence-corrected chi connectivity index (χ2v) is 7.81. The number of halogens is 1. The summed E-state index contributed by atoms with van der Waals surface area (Å²) in [5, 5.41) is 8.05. The highest BCUT2D eigenvalue weighted by Gasteiger charge is 2.14. The van der Waals surface area contributed by atoms with Crippen LogP contribution in [0.25, 0.3) is 5.52 Å². The summed E-state index contributed by atoms with van der Waals surface area (Å²) in [5.41, 5.74) is 3.71. The SMILES string of the molecule is Brc1cnn2ccnc(NC(CCc3ccccc3)CCc3ccccc3)c12. The second-order valence-electron chi connectivity index (χ2n) is 6.95. The minimum Gasteiger partial charge on any atom is -0.365 e. The maximum absolute atomic E-state index is 4.59. The molecule has 0 radical (unpaired) electrons. The predicted octanol–water partition coefficient (Wildman–Crippen LogP) is 5.54. The third-order valence-electron chi connectivity index (χ3n) is 4.98. The number of benzene rings is 2. The van der Waals surface area contributed by atoms with Crippen LogP contribution in [0.5, 0.6) is 0 Å². The van der Waals surface area contributed by atoms with E-state index < -0.39 is 0 Å². The van der Waals surface area contributed by atoms with Gasteiger partial charge in [0, 0.05) is 18.4 Å². The molecule has 0 saturated carbocycles. The molecule has 142 valence electrons. The number of nitrogens with zero attached hydrogens (tertiary/aromatic N) is 3. The van der Waals surface area contributed by atoms with Crippen LogP contribution < -0.4 is 5.32 Å². The number of hydrogen-bond acceptors (Lipinski definition) is 3. The number of anilines is 1. The Morgan fingerprint density at radius 1 is 0.893 bits per heavy atom. The van der Waals surface area contributed by atoms with Crippen molar-refractivity contribution in [2.45, 2.75) is 31.7 Å². The highest BCUT2D eigenvalue weighted by Crippen LogP contribution is 2.25. The summed E-state index contributed by atoms with van der Waals surface area (Å²) in [4.78, 5) is 4.59. The van der Waals surface area contributed by atoms with Crippen LogP contribution in [0.4, 0.5) is 5.82 Å². The molecule has 0 aliphatic rings. The van der Waals surface area contributed by atoms with E-state index in [4.69, 9.17) is 0 Å². The van der Waals surface area contributed by atoms with Gasteiger partial charge in [-0.25, -0.2) is 9.50 Å². The van der Waals surface area contributed by atoms with Gasteiger partial charge in [0.1, 0.15) is 5.52 Å². The Bertz CT molecular complexity index is 971. The van der Waals surface area contributed by atoms with Crippen LogP contribution in [-0.2, 0) is 12.8 Å². The number of rotatable bonds is 8. The first-order valence-electron chi connectivity index (χ1n) is 9.62. The topological polar surface area (TPSA) is 42.2 Å². The standard InChI is InChI=1S/C23H23BrN4/c24-21-17-26-28-16-15-25-23(22(21)28)27-20(13-11-18-7-3-1-4-8-18)14-12-19-9-5-2-6-10-19/h1-10,15-17,20H,11-14H2,(H,25,27). The zero-order valence-corrected chi connectivity index (χ0v) is 17.2. The van der Waals surface area contributed by atoms with E-state index >= 15 is 0 Å². The van der Waals surface area contributed by atoms with Gasteiger partial charge >= 0.3 is 0 Å². The summed E-state index contributed by atoms with van der Waals surface area (Å²) in [6.45, 7) is 0. The monoisotopic (exact) mass is 434 g/mol. The average molecular weight is 435 g/mol. The van der Waals surface area contributed by atoms with Gasteiger partial charge < -0.3 is 5.32 Å². The highest BCUT2D eigenvalue weighted by molar-refractivity contribution is 9.10. The van der Waals surface area contributed by atoms with Gasteiger partial charge in [0.25, 0.3) is 0 Å². The molecule has 0 spiro atoms. The molecule has 0 fully saturated rings. The molecule has 2 aromatic carbocycles. The molecule has 0 aliphatic carbocycles. The van der Waals surface area contributed by atoms with Crippen molar-refractivity contribution in [2.75, 3.05) is 5.32 Å². The summed E-state index contributed by atoms with van der Waals surface area (Å²) in [6.07, 6.45) is 9.64. The summed E-state index contributed by atoms with van der Waals surface area (Å²) in [5.74, 6) is 0.873. The molecule has 2 aromatic heterocycles. The summed E-state index contributed by atoms with van der Waals surface area (Å²) in [6, 6.07) is 21.7.